The minimum Gasteiger partial charge on any atom is -0.452 e. The van der Waals surface area contributed by atoms with Gasteiger partial charge in [0.1, 0.15) is 0 Å². The van der Waals surface area contributed by atoms with Crippen LogP contribution in [0.2, 0.25) is 0 Å². The van der Waals surface area contributed by atoms with Crippen molar-refractivity contribution in [2.45, 2.75) is 69.9 Å². The first-order valence-electron chi connectivity index (χ1n) is 6.94. The minimum atomic E-state index is -0.809. The van der Waals surface area contributed by atoms with Crippen molar-refractivity contribution in [2.75, 3.05) is 0 Å². The largest absolute Gasteiger partial charge is 0.452 e. The molecule has 0 radical (unpaired) electrons. The van der Waals surface area contributed by atoms with E-state index < -0.39 is 11.6 Å². The predicted molar refractivity (Wildman–Crippen MR) is 65.7 cm³/mol. The summed E-state index contributed by atoms with van der Waals surface area (Å²) in [5.41, 5.74) is -0.809. The molecule has 1 saturated heterocycles. The molecule has 0 aromatic heterocycles. The van der Waals surface area contributed by atoms with Crippen LogP contribution in [0, 0.1) is 16.0 Å². The topological polar surface area (TPSA) is 69.4 Å². The molecule has 0 bridgehead atoms. The Morgan fingerprint density at radius 2 is 2.06 bits per heavy atom. The third kappa shape index (κ3) is 2.35. The number of ether oxygens (including phenoxy) is 1. The second-order valence-electron chi connectivity index (χ2n) is 5.58. The monoisotopic (exact) mass is 255 g/mol. The molecule has 5 nitrogen and oxygen atoms in total. The summed E-state index contributed by atoms with van der Waals surface area (Å²) < 4.78 is 5.48. The van der Waals surface area contributed by atoms with E-state index in [4.69, 9.17) is 4.74 Å². The number of carbonyl (C=O) groups is 1. The molecule has 0 aromatic carbocycles. The molecule has 5 heteroatoms. The highest BCUT2D eigenvalue weighted by Crippen LogP contribution is 2.43. The van der Waals surface area contributed by atoms with Crippen LogP contribution in [0.4, 0.5) is 0 Å². The van der Waals surface area contributed by atoms with Crippen molar-refractivity contribution in [1.82, 2.24) is 0 Å². The summed E-state index contributed by atoms with van der Waals surface area (Å²) in [7, 11) is 0. The van der Waals surface area contributed by atoms with Crippen LogP contribution in [-0.4, -0.2) is 22.5 Å². The number of nitrogens with zero attached hydrogens (tertiary/aromatic N) is 1. The standard InChI is InChI=1S/C13H21NO4/c1-2-6-10-9-11(15)18-13(12(10)14(16)17)7-4-3-5-8-13/h10,12H,2-9H2,1H3/t10-,12-/m1/s1. The van der Waals surface area contributed by atoms with Gasteiger partial charge in [0.2, 0.25) is 0 Å². The highest BCUT2D eigenvalue weighted by Gasteiger charge is 2.57. The van der Waals surface area contributed by atoms with Crippen LogP contribution in [0.3, 0.4) is 0 Å². The third-order valence-electron chi connectivity index (χ3n) is 4.32. The van der Waals surface area contributed by atoms with Crippen LogP contribution in [0.5, 0.6) is 0 Å². The molecule has 2 aliphatic rings. The Kier molecular flexibility index (Phi) is 3.88. The molecule has 1 saturated carbocycles. The van der Waals surface area contributed by atoms with Crippen molar-refractivity contribution in [2.24, 2.45) is 5.92 Å². The van der Waals surface area contributed by atoms with E-state index in [2.05, 4.69) is 0 Å². The van der Waals surface area contributed by atoms with E-state index >= 15 is 0 Å². The van der Waals surface area contributed by atoms with Crippen LogP contribution in [0.1, 0.15) is 58.3 Å². The van der Waals surface area contributed by atoms with Gasteiger partial charge in [0.25, 0.3) is 6.04 Å². The van der Waals surface area contributed by atoms with Crippen molar-refractivity contribution in [3.63, 3.8) is 0 Å². The van der Waals surface area contributed by atoms with Gasteiger partial charge in [-0.05, 0) is 32.1 Å². The molecule has 2 rings (SSSR count). The van der Waals surface area contributed by atoms with Crippen LogP contribution in [0.25, 0.3) is 0 Å². The normalized spacial score (nSPS) is 31.1. The Hall–Kier alpha value is -1.13. The summed E-state index contributed by atoms with van der Waals surface area (Å²) in [5, 5.41) is 11.4. The zero-order valence-corrected chi connectivity index (χ0v) is 10.9. The number of hydrogen-bond acceptors (Lipinski definition) is 4. The van der Waals surface area contributed by atoms with E-state index in [-0.39, 0.29) is 23.2 Å². The highest BCUT2D eigenvalue weighted by atomic mass is 16.6. The lowest BCUT2D eigenvalue weighted by Gasteiger charge is -2.44. The van der Waals surface area contributed by atoms with Crippen molar-refractivity contribution >= 4 is 5.97 Å². The average molecular weight is 255 g/mol. The summed E-state index contributed by atoms with van der Waals surface area (Å²) in [6.45, 7) is 2.00. The molecule has 1 spiro atoms. The van der Waals surface area contributed by atoms with Gasteiger partial charge in [-0.25, -0.2) is 0 Å². The number of nitro groups is 1. The quantitative estimate of drug-likeness (QED) is 0.441. The van der Waals surface area contributed by atoms with Gasteiger partial charge in [-0.15, -0.1) is 0 Å². The van der Waals surface area contributed by atoms with E-state index in [0.717, 1.165) is 32.1 Å². The van der Waals surface area contributed by atoms with Crippen molar-refractivity contribution in [3.8, 4) is 0 Å². The molecule has 1 aliphatic carbocycles. The molecule has 2 atom stereocenters. The number of esters is 1. The van der Waals surface area contributed by atoms with Crippen LogP contribution >= 0.6 is 0 Å². The zero-order valence-electron chi connectivity index (χ0n) is 10.9. The smallest absolute Gasteiger partial charge is 0.307 e. The zero-order chi connectivity index (χ0) is 13.2. The van der Waals surface area contributed by atoms with Gasteiger partial charge in [-0.2, -0.15) is 0 Å². The Labute approximate surface area is 107 Å². The molecular weight excluding hydrogens is 234 g/mol. The van der Waals surface area contributed by atoms with Gasteiger partial charge in [0.15, 0.2) is 5.60 Å². The fourth-order valence-electron chi connectivity index (χ4n) is 3.63. The Bertz CT molecular complexity index is 336. The lowest BCUT2D eigenvalue weighted by molar-refractivity contribution is -0.560. The van der Waals surface area contributed by atoms with Crippen LogP contribution < -0.4 is 0 Å². The van der Waals surface area contributed by atoms with E-state index in [0.29, 0.717) is 12.8 Å². The molecule has 0 unspecified atom stereocenters. The SMILES string of the molecule is CCC[C@@H]1CC(=O)OC2(CCCCC2)[C@@H]1[N+](=O)[O-]. The molecule has 0 aromatic rings. The van der Waals surface area contributed by atoms with Crippen LogP contribution in [0.15, 0.2) is 0 Å². The minimum absolute atomic E-state index is 0.149. The van der Waals surface area contributed by atoms with Gasteiger partial charge in [0, 0.05) is 10.8 Å². The van der Waals surface area contributed by atoms with Gasteiger partial charge >= 0.3 is 5.97 Å². The molecule has 0 N–H and O–H groups in total. The summed E-state index contributed by atoms with van der Waals surface area (Å²) in [6.07, 6.45) is 6.08. The molecule has 2 fully saturated rings. The Balaban J connectivity index is 2.28. The number of hydrogen-bond donors (Lipinski definition) is 0. The predicted octanol–water partition coefficient (Wildman–Crippen LogP) is 2.70. The van der Waals surface area contributed by atoms with Crippen LogP contribution in [-0.2, 0) is 9.53 Å². The molecule has 1 heterocycles. The summed E-state index contributed by atoms with van der Waals surface area (Å²) in [5.74, 6) is -0.391. The van der Waals surface area contributed by atoms with E-state index in [1.807, 2.05) is 6.92 Å². The van der Waals surface area contributed by atoms with Gasteiger partial charge < -0.3 is 4.74 Å². The lowest BCUT2D eigenvalue weighted by Crippen LogP contribution is -2.58. The lowest BCUT2D eigenvalue weighted by atomic mass is 9.71. The maximum absolute atomic E-state index is 11.7. The van der Waals surface area contributed by atoms with Gasteiger partial charge in [-0.1, -0.05) is 19.8 Å². The number of rotatable bonds is 3. The maximum atomic E-state index is 11.7. The highest BCUT2D eigenvalue weighted by molar-refractivity contribution is 5.71. The molecule has 0 amide bonds. The Morgan fingerprint density at radius 3 is 2.61 bits per heavy atom. The van der Waals surface area contributed by atoms with E-state index in [1.54, 1.807) is 0 Å². The van der Waals surface area contributed by atoms with E-state index in [1.165, 1.54) is 0 Å². The number of carbonyl (C=O) groups excluding carboxylic acids is 1. The molecular formula is C13H21NO4. The fourth-order valence-corrected chi connectivity index (χ4v) is 3.63. The van der Waals surface area contributed by atoms with E-state index in [9.17, 15) is 14.9 Å². The first kappa shape index (κ1) is 13.3. The third-order valence-corrected chi connectivity index (χ3v) is 4.32. The molecule has 1 aliphatic heterocycles. The second kappa shape index (κ2) is 5.24. The first-order chi connectivity index (χ1) is 8.59. The molecule has 18 heavy (non-hydrogen) atoms. The van der Waals surface area contributed by atoms with Crippen molar-refractivity contribution < 1.29 is 14.5 Å². The second-order valence-corrected chi connectivity index (χ2v) is 5.58. The summed E-state index contributed by atoms with van der Waals surface area (Å²) in [4.78, 5) is 23.0. The van der Waals surface area contributed by atoms with Crippen molar-refractivity contribution in [1.29, 1.82) is 0 Å². The Morgan fingerprint density at radius 1 is 1.39 bits per heavy atom. The van der Waals surface area contributed by atoms with Gasteiger partial charge in [0.05, 0.1) is 6.42 Å². The fraction of sp³-hybridized carbons (Fsp3) is 0.923. The maximum Gasteiger partial charge on any atom is 0.307 e. The molecule has 102 valence electrons. The van der Waals surface area contributed by atoms with Crippen molar-refractivity contribution in [3.05, 3.63) is 10.1 Å². The summed E-state index contributed by atoms with van der Waals surface area (Å²) in [6, 6.07) is -0.699. The summed E-state index contributed by atoms with van der Waals surface area (Å²) >= 11 is 0. The average Bonchev–Trinajstić information content (AvgIpc) is 2.28. The first-order valence-corrected chi connectivity index (χ1v) is 6.94. The van der Waals surface area contributed by atoms with Gasteiger partial charge in [-0.3, -0.25) is 14.9 Å².